The normalized spacial score (nSPS) is 10.9. The molecule has 0 unspecified atom stereocenters. The first-order valence-electron chi connectivity index (χ1n) is 5.93. The van der Waals surface area contributed by atoms with Crippen LogP contribution in [0.25, 0.3) is 11.4 Å². The maximum atomic E-state index is 10.7. The van der Waals surface area contributed by atoms with Crippen molar-refractivity contribution < 1.29 is 14.6 Å². The molecule has 0 spiro atoms. The Morgan fingerprint density at radius 1 is 1.50 bits per heavy atom. The Morgan fingerprint density at radius 3 is 2.90 bits per heavy atom. The van der Waals surface area contributed by atoms with Crippen LogP contribution in [0, 0.1) is 6.92 Å². The third-order valence-electron chi connectivity index (χ3n) is 2.66. The Kier molecular flexibility index (Phi) is 5.16. The van der Waals surface area contributed by atoms with Crippen molar-refractivity contribution in [2.24, 2.45) is 0 Å². The summed E-state index contributed by atoms with van der Waals surface area (Å²) < 4.78 is 7.01. The molecule has 0 aliphatic carbocycles. The molecular weight excluding hydrogens is 298 g/mol. The fourth-order valence-electron chi connectivity index (χ4n) is 1.69. The molecule has 0 aliphatic heterocycles. The molecular formula is C12H15N3O3S2. The average molecular weight is 313 g/mol. The van der Waals surface area contributed by atoms with E-state index in [0.717, 1.165) is 17.0 Å². The predicted octanol–water partition coefficient (Wildman–Crippen LogP) is 2.14. The maximum absolute atomic E-state index is 10.7. The zero-order valence-corrected chi connectivity index (χ0v) is 12.8. The maximum Gasteiger partial charge on any atom is 0.313 e. The van der Waals surface area contributed by atoms with Crippen LogP contribution in [-0.4, -0.2) is 45.3 Å². The Hall–Kier alpha value is -1.38. The van der Waals surface area contributed by atoms with Gasteiger partial charge in [-0.25, -0.2) is 0 Å². The van der Waals surface area contributed by atoms with Crippen LogP contribution < -0.4 is 0 Å². The van der Waals surface area contributed by atoms with Gasteiger partial charge in [0.25, 0.3) is 0 Å². The number of hydrogen-bond donors (Lipinski definition) is 1. The van der Waals surface area contributed by atoms with Crippen molar-refractivity contribution in [3.8, 4) is 11.4 Å². The topological polar surface area (TPSA) is 77.2 Å². The Balaban J connectivity index is 2.31. The van der Waals surface area contributed by atoms with E-state index in [1.807, 2.05) is 16.9 Å². The Bertz CT molecular complexity index is 595. The molecule has 0 amide bonds. The van der Waals surface area contributed by atoms with Gasteiger partial charge in [-0.1, -0.05) is 11.8 Å². The number of aromatic nitrogens is 3. The fourth-order valence-corrected chi connectivity index (χ4v) is 3.21. The first kappa shape index (κ1) is 15.0. The van der Waals surface area contributed by atoms with E-state index >= 15 is 0 Å². The van der Waals surface area contributed by atoms with Gasteiger partial charge >= 0.3 is 5.97 Å². The second kappa shape index (κ2) is 6.87. The predicted molar refractivity (Wildman–Crippen MR) is 78.3 cm³/mol. The lowest BCUT2D eigenvalue weighted by Crippen LogP contribution is -2.08. The van der Waals surface area contributed by atoms with E-state index in [9.17, 15) is 4.79 Å². The summed E-state index contributed by atoms with van der Waals surface area (Å²) in [7, 11) is 1.63. The van der Waals surface area contributed by atoms with Gasteiger partial charge in [0, 0.05) is 18.1 Å². The van der Waals surface area contributed by atoms with Gasteiger partial charge in [-0.3, -0.25) is 9.36 Å². The molecule has 0 radical (unpaired) electrons. The van der Waals surface area contributed by atoms with Crippen LogP contribution in [0.1, 0.15) is 5.56 Å². The molecule has 0 aromatic carbocycles. The number of thioether (sulfide) groups is 1. The number of carboxylic acids is 1. The number of ether oxygens (including phenoxy) is 1. The van der Waals surface area contributed by atoms with Gasteiger partial charge in [0.1, 0.15) is 0 Å². The summed E-state index contributed by atoms with van der Waals surface area (Å²) in [5, 5.41) is 21.8. The van der Waals surface area contributed by atoms with Gasteiger partial charge in [-0.05, 0) is 17.9 Å². The number of aryl methyl sites for hydroxylation is 1. The standard InChI is InChI=1S/C12H15N3O3S2/c1-8-5-19-6-9(8)11-13-14-12(20-7-10(16)17)15(11)3-4-18-2/h5-6H,3-4,7H2,1-2H3,(H,16,17). The SMILES string of the molecule is COCCn1c(SCC(=O)O)nnc1-c1cscc1C. The van der Waals surface area contributed by atoms with Crippen molar-refractivity contribution in [3.05, 3.63) is 16.3 Å². The van der Waals surface area contributed by atoms with Gasteiger partial charge < -0.3 is 9.84 Å². The minimum Gasteiger partial charge on any atom is -0.481 e. The van der Waals surface area contributed by atoms with Crippen LogP contribution in [0.2, 0.25) is 0 Å². The minimum atomic E-state index is -0.871. The Labute approximate surface area is 124 Å². The van der Waals surface area contributed by atoms with E-state index in [1.165, 1.54) is 11.8 Å². The molecule has 2 rings (SSSR count). The van der Waals surface area contributed by atoms with Gasteiger partial charge in [0.2, 0.25) is 0 Å². The molecule has 0 saturated heterocycles. The molecule has 0 atom stereocenters. The van der Waals surface area contributed by atoms with Crippen LogP contribution in [0.5, 0.6) is 0 Å². The molecule has 8 heteroatoms. The number of rotatable bonds is 7. The number of nitrogens with zero attached hydrogens (tertiary/aromatic N) is 3. The van der Waals surface area contributed by atoms with Crippen LogP contribution in [0.15, 0.2) is 15.9 Å². The van der Waals surface area contributed by atoms with E-state index in [4.69, 9.17) is 9.84 Å². The summed E-state index contributed by atoms with van der Waals surface area (Å²) in [5.74, 6) is -0.147. The van der Waals surface area contributed by atoms with Gasteiger partial charge in [-0.2, -0.15) is 11.3 Å². The monoisotopic (exact) mass is 313 g/mol. The number of methoxy groups -OCH3 is 1. The van der Waals surface area contributed by atoms with Gasteiger partial charge in [0.15, 0.2) is 11.0 Å². The summed E-state index contributed by atoms with van der Waals surface area (Å²) in [6.45, 7) is 3.14. The molecule has 108 valence electrons. The van der Waals surface area contributed by atoms with E-state index in [-0.39, 0.29) is 5.75 Å². The zero-order valence-electron chi connectivity index (χ0n) is 11.2. The zero-order chi connectivity index (χ0) is 14.5. The minimum absolute atomic E-state index is 0.0340. The highest BCUT2D eigenvalue weighted by Gasteiger charge is 2.17. The number of thiophene rings is 1. The van der Waals surface area contributed by atoms with Crippen molar-refractivity contribution in [2.45, 2.75) is 18.6 Å². The molecule has 1 N–H and O–H groups in total. The van der Waals surface area contributed by atoms with Crippen molar-refractivity contribution in [2.75, 3.05) is 19.5 Å². The third kappa shape index (κ3) is 3.38. The molecule has 0 aliphatic rings. The second-order valence-electron chi connectivity index (χ2n) is 4.10. The van der Waals surface area contributed by atoms with Crippen LogP contribution in [0.3, 0.4) is 0 Å². The molecule has 2 aromatic rings. The second-order valence-corrected chi connectivity index (χ2v) is 5.79. The first-order chi connectivity index (χ1) is 9.63. The fraction of sp³-hybridized carbons (Fsp3) is 0.417. The summed E-state index contributed by atoms with van der Waals surface area (Å²) in [6, 6.07) is 0. The number of hydrogen-bond acceptors (Lipinski definition) is 6. The lowest BCUT2D eigenvalue weighted by Gasteiger charge is -2.08. The van der Waals surface area contributed by atoms with E-state index in [2.05, 4.69) is 15.6 Å². The lowest BCUT2D eigenvalue weighted by molar-refractivity contribution is -0.133. The average Bonchev–Trinajstić information content (AvgIpc) is 2.99. The van der Waals surface area contributed by atoms with Crippen LogP contribution >= 0.6 is 23.1 Å². The highest BCUT2D eigenvalue weighted by Crippen LogP contribution is 2.28. The van der Waals surface area contributed by atoms with Crippen LogP contribution in [0.4, 0.5) is 0 Å². The van der Waals surface area contributed by atoms with Gasteiger partial charge in [0.05, 0.1) is 18.9 Å². The quantitative estimate of drug-likeness (QED) is 0.789. The lowest BCUT2D eigenvalue weighted by atomic mass is 10.2. The number of aliphatic carboxylic acids is 1. The summed E-state index contributed by atoms with van der Waals surface area (Å²) in [4.78, 5) is 10.7. The van der Waals surface area contributed by atoms with Gasteiger partial charge in [-0.15, -0.1) is 10.2 Å². The molecule has 0 fully saturated rings. The van der Waals surface area contributed by atoms with E-state index in [1.54, 1.807) is 18.4 Å². The number of carbonyl (C=O) groups is 1. The van der Waals surface area contributed by atoms with E-state index < -0.39 is 5.97 Å². The summed E-state index contributed by atoms with van der Waals surface area (Å²) in [5.41, 5.74) is 2.16. The largest absolute Gasteiger partial charge is 0.481 e. The van der Waals surface area contributed by atoms with Crippen LogP contribution in [-0.2, 0) is 16.1 Å². The smallest absolute Gasteiger partial charge is 0.313 e. The van der Waals surface area contributed by atoms with E-state index in [0.29, 0.717) is 18.3 Å². The van der Waals surface area contributed by atoms with Crippen molar-refractivity contribution >= 4 is 29.1 Å². The highest BCUT2D eigenvalue weighted by atomic mass is 32.2. The molecule has 6 nitrogen and oxygen atoms in total. The van der Waals surface area contributed by atoms with Crippen molar-refractivity contribution in [3.63, 3.8) is 0 Å². The highest BCUT2D eigenvalue weighted by molar-refractivity contribution is 7.99. The summed E-state index contributed by atoms with van der Waals surface area (Å²) in [6.07, 6.45) is 0. The Morgan fingerprint density at radius 2 is 2.30 bits per heavy atom. The first-order valence-corrected chi connectivity index (χ1v) is 7.86. The molecule has 0 bridgehead atoms. The summed E-state index contributed by atoms with van der Waals surface area (Å²) >= 11 is 2.78. The third-order valence-corrected chi connectivity index (χ3v) is 4.47. The van der Waals surface area contributed by atoms with Crippen molar-refractivity contribution in [1.29, 1.82) is 0 Å². The number of carboxylic acid groups (broad SMARTS) is 1. The molecule has 20 heavy (non-hydrogen) atoms. The molecule has 2 heterocycles. The molecule has 2 aromatic heterocycles. The molecule has 0 saturated carbocycles. The van der Waals surface area contributed by atoms with Crippen molar-refractivity contribution in [1.82, 2.24) is 14.8 Å².